The third-order valence-corrected chi connectivity index (χ3v) is 4.05. The fourth-order valence-corrected chi connectivity index (χ4v) is 3.08. The van der Waals surface area contributed by atoms with Gasteiger partial charge in [-0.15, -0.1) is 0 Å². The van der Waals surface area contributed by atoms with E-state index in [-0.39, 0.29) is 0 Å². The highest BCUT2D eigenvalue weighted by Crippen LogP contribution is 2.31. The minimum absolute atomic E-state index is 0.617. The van der Waals surface area contributed by atoms with Crippen molar-refractivity contribution < 1.29 is 4.85 Å². The van der Waals surface area contributed by atoms with E-state index in [1.54, 1.807) is 0 Å². The molecule has 1 aromatic heterocycles. The van der Waals surface area contributed by atoms with Gasteiger partial charge in [-0.05, 0) is 61.1 Å². The Balaban J connectivity index is 2.42. The largest absolute Gasteiger partial charge is 0.594 e. The van der Waals surface area contributed by atoms with Crippen LogP contribution in [0.4, 0.5) is 0 Å². The lowest BCUT2D eigenvalue weighted by Crippen LogP contribution is -2.33. The van der Waals surface area contributed by atoms with Gasteiger partial charge < -0.3 is 5.21 Å². The summed E-state index contributed by atoms with van der Waals surface area (Å²) >= 11 is 0. The van der Waals surface area contributed by atoms with E-state index in [2.05, 4.69) is 23.3 Å². The SMILES string of the molecule is Cc1c2c(c(C)c3c1n[c]n[n+]3[O-])CCCCC2. The number of nitrogens with zero attached hydrogens (tertiary/aromatic N) is 3. The van der Waals surface area contributed by atoms with Crippen LogP contribution < -0.4 is 4.85 Å². The van der Waals surface area contributed by atoms with Crippen LogP contribution >= 0.6 is 0 Å². The molecule has 18 heavy (non-hydrogen) atoms. The van der Waals surface area contributed by atoms with Crippen LogP contribution in [-0.2, 0) is 12.8 Å². The fourth-order valence-electron chi connectivity index (χ4n) is 3.08. The van der Waals surface area contributed by atoms with E-state index < -0.39 is 0 Å². The molecule has 2 aromatic rings. The van der Waals surface area contributed by atoms with Gasteiger partial charge in [-0.3, -0.25) is 0 Å². The van der Waals surface area contributed by atoms with Crippen molar-refractivity contribution in [3.05, 3.63) is 33.8 Å². The number of fused-ring (bicyclic) bond motifs is 2. The predicted molar refractivity (Wildman–Crippen MR) is 68.1 cm³/mol. The standard InChI is InChI=1S/C14H16N3O/c1-9-11-6-4-3-5-7-12(11)10(2)14-13(9)15-8-16-17(14)18/h3-7H2,1-2H3. The van der Waals surface area contributed by atoms with Gasteiger partial charge >= 0.3 is 0 Å². The number of rotatable bonds is 0. The minimum atomic E-state index is 0.617. The van der Waals surface area contributed by atoms with Gasteiger partial charge in [-0.25, -0.2) is 4.98 Å². The molecule has 1 heterocycles. The Morgan fingerprint density at radius 1 is 1.06 bits per heavy atom. The first-order valence-corrected chi connectivity index (χ1v) is 6.48. The molecule has 3 rings (SSSR count). The molecule has 1 radical (unpaired) electrons. The number of aryl methyl sites for hydroxylation is 2. The maximum Gasteiger partial charge on any atom is 0.273 e. The van der Waals surface area contributed by atoms with Crippen LogP contribution in [0.5, 0.6) is 0 Å². The molecular formula is C14H16N3O. The van der Waals surface area contributed by atoms with E-state index in [0.29, 0.717) is 10.4 Å². The third-order valence-electron chi connectivity index (χ3n) is 4.05. The average molecular weight is 242 g/mol. The molecular weight excluding hydrogens is 226 g/mol. The highest BCUT2D eigenvalue weighted by Gasteiger charge is 2.22. The molecule has 1 aromatic carbocycles. The third kappa shape index (κ3) is 1.55. The van der Waals surface area contributed by atoms with E-state index in [9.17, 15) is 5.21 Å². The molecule has 0 unspecified atom stereocenters. The lowest BCUT2D eigenvalue weighted by Gasteiger charge is -2.14. The molecule has 4 heteroatoms. The number of hydrogen-bond acceptors (Lipinski definition) is 3. The van der Waals surface area contributed by atoms with Gasteiger partial charge in [0, 0.05) is 10.7 Å². The van der Waals surface area contributed by atoms with Crippen molar-refractivity contribution in [1.82, 2.24) is 10.1 Å². The molecule has 0 spiro atoms. The molecule has 0 amide bonds. The Morgan fingerprint density at radius 3 is 2.44 bits per heavy atom. The summed E-state index contributed by atoms with van der Waals surface area (Å²) in [5, 5.41) is 15.5. The number of benzene rings is 1. The Kier molecular flexibility index (Phi) is 2.65. The highest BCUT2D eigenvalue weighted by atomic mass is 16.5. The van der Waals surface area contributed by atoms with Crippen LogP contribution in [0.1, 0.15) is 41.5 Å². The summed E-state index contributed by atoms with van der Waals surface area (Å²) < 4.78 is 0. The maximum atomic E-state index is 11.9. The lowest BCUT2D eigenvalue weighted by atomic mass is 9.92. The van der Waals surface area contributed by atoms with Crippen LogP contribution in [-0.4, -0.2) is 10.1 Å². The zero-order valence-electron chi connectivity index (χ0n) is 10.8. The molecule has 4 nitrogen and oxygen atoms in total. The molecule has 1 aliphatic carbocycles. The predicted octanol–water partition coefficient (Wildman–Crippen LogP) is 1.95. The molecule has 0 bridgehead atoms. The molecule has 0 saturated heterocycles. The first-order chi connectivity index (χ1) is 8.70. The summed E-state index contributed by atoms with van der Waals surface area (Å²) in [6.07, 6.45) is 8.30. The van der Waals surface area contributed by atoms with Crippen molar-refractivity contribution in [2.45, 2.75) is 46.0 Å². The number of aromatic nitrogens is 3. The highest BCUT2D eigenvalue weighted by molar-refractivity contribution is 5.81. The summed E-state index contributed by atoms with van der Waals surface area (Å²) in [6, 6.07) is 0. The minimum Gasteiger partial charge on any atom is -0.594 e. The van der Waals surface area contributed by atoms with E-state index in [4.69, 9.17) is 0 Å². The average Bonchev–Trinajstić information content (AvgIpc) is 2.61. The van der Waals surface area contributed by atoms with Gasteiger partial charge in [0.15, 0.2) is 0 Å². The summed E-state index contributed by atoms with van der Waals surface area (Å²) in [5.74, 6) is 0. The number of hydrogen-bond donors (Lipinski definition) is 0. The molecule has 93 valence electrons. The fraction of sp³-hybridized carbons (Fsp3) is 0.500. The molecule has 0 saturated carbocycles. The summed E-state index contributed by atoms with van der Waals surface area (Å²) in [7, 11) is 0. The molecule has 0 atom stereocenters. The van der Waals surface area contributed by atoms with E-state index >= 15 is 0 Å². The van der Waals surface area contributed by atoms with Crippen LogP contribution in [0.15, 0.2) is 0 Å². The Labute approximate surface area is 106 Å². The van der Waals surface area contributed by atoms with Crippen LogP contribution in [0.3, 0.4) is 0 Å². The zero-order chi connectivity index (χ0) is 12.7. The van der Waals surface area contributed by atoms with E-state index in [1.165, 1.54) is 30.4 Å². The maximum absolute atomic E-state index is 11.9. The second-order valence-electron chi connectivity index (χ2n) is 5.05. The molecule has 0 N–H and O–H groups in total. The van der Waals surface area contributed by atoms with Crippen molar-refractivity contribution in [3.8, 4) is 0 Å². The molecule has 0 fully saturated rings. The lowest BCUT2D eigenvalue weighted by molar-refractivity contribution is -0.643. The van der Waals surface area contributed by atoms with E-state index in [0.717, 1.165) is 29.5 Å². The molecule has 0 aliphatic heterocycles. The van der Waals surface area contributed by atoms with Crippen molar-refractivity contribution >= 4 is 11.0 Å². The van der Waals surface area contributed by atoms with Gasteiger partial charge in [0.1, 0.15) is 5.52 Å². The zero-order valence-corrected chi connectivity index (χ0v) is 10.8. The van der Waals surface area contributed by atoms with Gasteiger partial charge in [-0.1, -0.05) is 6.42 Å². The Morgan fingerprint density at radius 2 is 1.72 bits per heavy atom. The van der Waals surface area contributed by atoms with Crippen molar-refractivity contribution in [2.75, 3.05) is 0 Å². The monoisotopic (exact) mass is 242 g/mol. The van der Waals surface area contributed by atoms with Crippen LogP contribution in [0.25, 0.3) is 11.0 Å². The first-order valence-electron chi connectivity index (χ1n) is 6.48. The van der Waals surface area contributed by atoms with Gasteiger partial charge in [0.2, 0.25) is 0 Å². The van der Waals surface area contributed by atoms with Gasteiger partial charge in [-0.2, -0.15) is 0 Å². The quantitative estimate of drug-likeness (QED) is 0.403. The van der Waals surface area contributed by atoms with E-state index in [1.807, 2.05) is 6.92 Å². The van der Waals surface area contributed by atoms with Crippen molar-refractivity contribution in [3.63, 3.8) is 0 Å². The smallest absolute Gasteiger partial charge is 0.273 e. The topological polar surface area (TPSA) is 52.7 Å². The summed E-state index contributed by atoms with van der Waals surface area (Å²) in [5.41, 5.74) is 6.30. The second-order valence-corrected chi connectivity index (χ2v) is 5.05. The second kappa shape index (κ2) is 4.19. The van der Waals surface area contributed by atoms with Crippen molar-refractivity contribution in [1.29, 1.82) is 0 Å². The van der Waals surface area contributed by atoms with Crippen LogP contribution in [0, 0.1) is 25.4 Å². The molecule has 1 aliphatic rings. The normalized spacial score (nSPS) is 15.4. The summed E-state index contributed by atoms with van der Waals surface area (Å²) in [6.45, 7) is 4.08. The summed E-state index contributed by atoms with van der Waals surface area (Å²) in [4.78, 5) is 4.85. The van der Waals surface area contributed by atoms with Gasteiger partial charge in [0.05, 0.1) is 0 Å². The van der Waals surface area contributed by atoms with Crippen molar-refractivity contribution in [2.24, 2.45) is 0 Å². The first kappa shape index (κ1) is 11.4. The van der Waals surface area contributed by atoms with Gasteiger partial charge in [0.25, 0.3) is 11.8 Å². The Bertz CT molecular complexity index is 622. The Hall–Kier alpha value is -1.71. The van der Waals surface area contributed by atoms with Crippen LogP contribution in [0.2, 0.25) is 0 Å².